The lowest BCUT2D eigenvalue weighted by atomic mass is 9.96. The summed E-state index contributed by atoms with van der Waals surface area (Å²) >= 11 is 6.18. The molecule has 2 heterocycles. The van der Waals surface area contributed by atoms with Gasteiger partial charge in [0.1, 0.15) is 0 Å². The van der Waals surface area contributed by atoms with E-state index in [0.29, 0.717) is 28.8 Å². The van der Waals surface area contributed by atoms with Crippen LogP contribution in [0.15, 0.2) is 53.1 Å². The van der Waals surface area contributed by atoms with Crippen molar-refractivity contribution in [2.24, 2.45) is 0 Å². The minimum atomic E-state index is 0.00600. The number of amides is 1. The molecule has 0 spiro atoms. The number of carbonyl (C=O) groups excluding carboxylic acids is 1. The van der Waals surface area contributed by atoms with Crippen molar-refractivity contribution in [3.05, 3.63) is 70.5 Å². The molecule has 2 aromatic carbocycles. The van der Waals surface area contributed by atoms with Gasteiger partial charge in [-0.2, -0.15) is 4.98 Å². The minimum Gasteiger partial charge on any atom is -0.338 e. The van der Waals surface area contributed by atoms with Gasteiger partial charge in [-0.15, -0.1) is 0 Å². The molecular weight excluding hydrogens is 362 g/mol. The Morgan fingerprint density at radius 2 is 2.00 bits per heavy atom. The molecule has 1 amide bonds. The van der Waals surface area contributed by atoms with Crippen molar-refractivity contribution in [2.75, 3.05) is 13.1 Å². The number of benzene rings is 2. The van der Waals surface area contributed by atoms with Crippen molar-refractivity contribution in [1.82, 2.24) is 15.0 Å². The first-order chi connectivity index (χ1) is 13.1. The zero-order chi connectivity index (χ0) is 18.8. The highest BCUT2D eigenvalue weighted by Gasteiger charge is 2.29. The number of aromatic nitrogens is 2. The van der Waals surface area contributed by atoms with Gasteiger partial charge in [-0.25, -0.2) is 0 Å². The van der Waals surface area contributed by atoms with Crippen LogP contribution in [0.5, 0.6) is 0 Å². The number of piperidine rings is 1. The highest BCUT2D eigenvalue weighted by Crippen LogP contribution is 2.29. The Morgan fingerprint density at radius 1 is 1.19 bits per heavy atom. The lowest BCUT2D eigenvalue weighted by molar-refractivity contribution is 0.0703. The van der Waals surface area contributed by atoms with Crippen molar-refractivity contribution < 1.29 is 9.32 Å². The second-order valence-corrected chi connectivity index (χ2v) is 7.23. The van der Waals surface area contributed by atoms with Crippen molar-refractivity contribution in [1.29, 1.82) is 0 Å². The number of rotatable bonds is 3. The maximum Gasteiger partial charge on any atom is 0.257 e. The van der Waals surface area contributed by atoms with Crippen molar-refractivity contribution in [3.63, 3.8) is 0 Å². The Bertz CT molecular complexity index is 955. The lowest BCUT2D eigenvalue weighted by Gasteiger charge is -2.31. The van der Waals surface area contributed by atoms with Crippen molar-refractivity contribution in [2.45, 2.75) is 25.7 Å². The van der Waals surface area contributed by atoms with E-state index < -0.39 is 0 Å². The number of hydrogen-bond donors (Lipinski definition) is 0. The fourth-order valence-electron chi connectivity index (χ4n) is 3.48. The summed E-state index contributed by atoms with van der Waals surface area (Å²) in [4.78, 5) is 19.4. The van der Waals surface area contributed by atoms with Gasteiger partial charge in [0.2, 0.25) is 0 Å². The summed E-state index contributed by atoms with van der Waals surface area (Å²) in [5, 5.41) is 4.78. The molecule has 0 bridgehead atoms. The molecule has 3 aromatic rings. The van der Waals surface area contributed by atoms with E-state index in [1.165, 1.54) is 0 Å². The third kappa shape index (κ3) is 3.60. The van der Waals surface area contributed by atoms with E-state index in [2.05, 4.69) is 10.1 Å². The van der Waals surface area contributed by atoms with E-state index in [1.54, 1.807) is 6.07 Å². The van der Waals surface area contributed by atoms with Gasteiger partial charge < -0.3 is 9.42 Å². The van der Waals surface area contributed by atoms with Gasteiger partial charge in [0.25, 0.3) is 11.8 Å². The summed E-state index contributed by atoms with van der Waals surface area (Å²) < 4.78 is 5.44. The molecule has 1 aliphatic rings. The van der Waals surface area contributed by atoms with Gasteiger partial charge >= 0.3 is 0 Å². The van der Waals surface area contributed by atoms with Gasteiger partial charge in [-0.1, -0.05) is 41.0 Å². The second kappa shape index (κ2) is 7.53. The van der Waals surface area contributed by atoms with Gasteiger partial charge in [-0.3, -0.25) is 4.79 Å². The van der Waals surface area contributed by atoms with Crippen LogP contribution in [0, 0.1) is 6.92 Å². The van der Waals surface area contributed by atoms with E-state index in [-0.39, 0.29) is 11.8 Å². The molecule has 0 unspecified atom stereocenters. The lowest BCUT2D eigenvalue weighted by Crippen LogP contribution is -2.39. The standard InChI is InChI=1S/C21H20ClN3O2/c1-14-17(10-5-11-18(14)22)21(26)25-12-6-9-16(13-25)19-23-20(27-24-19)15-7-3-2-4-8-15/h2-5,7-8,10-11,16H,6,9,12-13H2,1H3/t16-/m0/s1. The van der Waals surface area contributed by atoms with Crippen LogP contribution in [0.1, 0.15) is 40.5 Å². The van der Waals surface area contributed by atoms with Gasteiger partial charge in [0, 0.05) is 35.2 Å². The SMILES string of the molecule is Cc1c(Cl)cccc1C(=O)N1CCC[C@H](c2noc(-c3ccccc3)n2)C1. The van der Waals surface area contributed by atoms with Crippen LogP contribution < -0.4 is 0 Å². The molecule has 1 atom stereocenters. The Kier molecular flexibility index (Phi) is 4.94. The average Bonchev–Trinajstić information content (AvgIpc) is 3.21. The Hall–Kier alpha value is -2.66. The normalized spacial score (nSPS) is 17.1. The largest absolute Gasteiger partial charge is 0.338 e. The molecule has 0 aliphatic carbocycles. The fraction of sp³-hybridized carbons (Fsp3) is 0.286. The fourth-order valence-corrected chi connectivity index (χ4v) is 3.66. The molecule has 1 saturated heterocycles. The Balaban J connectivity index is 1.52. The van der Waals surface area contributed by atoms with Gasteiger partial charge in [-0.05, 0) is 49.6 Å². The average molecular weight is 382 g/mol. The summed E-state index contributed by atoms with van der Waals surface area (Å²) in [6.07, 6.45) is 1.84. The summed E-state index contributed by atoms with van der Waals surface area (Å²) in [6, 6.07) is 15.2. The quantitative estimate of drug-likeness (QED) is 0.658. The predicted molar refractivity (Wildman–Crippen MR) is 104 cm³/mol. The molecule has 0 saturated carbocycles. The Labute approximate surface area is 163 Å². The predicted octanol–water partition coefficient (Wildman–Crippen LogP) is 4.72. The molecule has 5 nitrogen and oxygen atoms in total. The topological polar surface area (TPSA) is 59.2 Å². The zero-order valence-corrected chi connectivity index (χ0v) is 15.8. The van der Waals surface area contributed by atoms with Crippen LogP contribution >= 0.6 is 11.6 Å². The molecule has 0 radical (unpaired) electrons. The van der Waals surface area contributed by atoms with E-state index >= 15 is 0 Å². The molecule has 138 valence electrons. The number of halogens is 1. The maximum absolute atomic E-state index is 13.0. The summed E-state index contributed by atoms with van der Waals surface area (Å²) in [5.74, 6) is 1.25. The monoisotopic (exact) mass is 381 g/mol. The van der Waals surface area contributed by atoms with Crippen LogP contribution in [-0.2, 0) is 0 Å². The van der Waals surface area contributed by atoms with Gasteiger partial charge in [0.15, 0.2) is 5.82 Å². The van der Waals surface area contributed by atoms with Crippen molar-refractivity contribution >= 4 is 17.5 Å². The molecule has 0 N–H and O–H groups in total. The summed E-state index contributed by atoms with van der Waals surface area (Å²) in [5.41, 5.74) is 2.37. The molecule has 4 rings (SSSR count). The van der Waals surface area contributed by atoms with E-state index in [0.717, 1.165) is 30.5 Å². The molecular formula is C21H20ClN3O2. The van der Waals surface area contributed by atoms with E-state index in [4.69, 9.17) is 16.1 Å². The Morgan fingerprint density at radius 3 is 2.81 bits per heavy atom. The minimum absolute atomic E-state index is 0.00600. The molecule has 1 aliphatic heterocycles. The first-order valence-corrected chi connectivity index (χ1v) is 9.44. The second-order valence-electron chi connectivity index (χ2n) is 6.83. The van der Waals surface area contributed by atoms with Crippen LogP contribution in [0.3, 0.4) is 0 Å². The van der Waals surface area contributed by atoms with Crippen LogP contribution in [0.4, 0.5) is 0 Å². The molecule has 1 fully saturated rings. The number of likely N-dealkylation sites (tertiary alicyclic amines) is 1. The highest BCUT2D eigenvalue weighted by molar-refractivity contribution is 6.31. The molecule has 6 heteroatoms. The smallest absolute Gasteiger partial charge is 0.257 e. The first kappa shape index (κ1) is 17.7. The van der Waals surface area contributed by atoms with Crippen LogP contribution in [0.2, 0.25) is 5.02 Å². The van der Waals surface area contributed by atoms with Crippen molar-refractivity contribution in [3.8, 4) is 11.5 Å². The number of hydrogen-bond acceptors (Lipinski definition) is 4. The highest BCUT2D eigenvalue weighted by atomic mass is 35.5. The number of carbonyl (C=O) groups is 1. The first-order valence-electron chi connectivity index (χ1n) is 9.07. The maximum atomic E-state index is 13.0. The van der Waals surface area contributed by atoms with Crippen LogP contribution in [0.25, 0.3) is 11.5 Å². The summed E-state index contributed by atoms with van der Waals surface area (Å²) in [6.45, 7) is 3.19. The van der Waals surface area contributed by atoms with Crippen LogP contribution in [-0.4, -0.2) is 34.0 Å². The molecule has 27 heavy (non-hydrogen) atoms. The third-order valence-electron chi connectivity index (χ3n) is 5.03. The third-order valence-corrected chi connectivity index (χ3v) is 5.44. The van der Waals surface area contributed by atoms with E-state index in [9.17, 15) is 4.79 Å². The zero-order valence-electron chi connectivity index (χ0n) is 15.1. The number of nitrogens with zero attached hydrogens (tertiary/aromatic N) is 3. The summed E-state index contributed by atoms with van der Waals surface area (Å²) in [7, 11) is 0. The van der Waals surface area contributed by atoms with E-state index in [1.807, 2.05) is 54.3 Å². The molecule has 1 aromatic heterocycles. The van der Waals surface area contributed by atoms with Gasteiger partial charge in [0.05, 0.1) is 0 Å².